The summed E-state index contributed by atoms with van der Waals surface area (Å²) in [4.78, 5) is 37.4. The van der Waals surface area contributed by atoms with Gasteiger partial charge >= 0.3 is 12.1 Å². The molecule has 0 aliphatic rings. The van der Waals surface area contributed by atoms with Crippen molar-refractivity contribution in [2.45, 2.75) is 26.4 Å². The highest BCUT2D eigenvalue weighted by molar-refractivity contribution is 7.80. The van der Waals surface area contributed by atoms with E-state index in [2.05, 4.69) is 10.6 Å². The number of nitrogens with one attached hydrogen (secondary N) is 2. The molecule has 42 heavy (non-hydrogen) atoms. The van der Waals surface area contributed by atoms with Gasteiger partial charge in [0.15, 0.2) is 0 Å². The van der Waals surface area contributed by atoms with Crippen LogP contribution < -0.4 is 26.5 Å². The van der Waals surface area contributed by atoms with E-state index in [0.717, 1.165) is 15.9 Å². The summed E-state index contributed by atoms with van der Waals surface area (Å²) in [5.74, 6) is -0.718. The van der Waals surface area contributed by atoms with E-state index in [1.807, 2.05) is 60.7 Å². The Balaban J connectivity index is 1.55. The second-order valence-corrected chi connectivity index (χ2v) is 12.3. The molecule has 0 unspecified atom stereocenters. The molecule has 0 atom stereocenters. The van der Waals surface area contributed by atoms with Crippen LogP contribution >= 0.6 is 7.92 Å². The Morgan fingerprint density at radius 3 is 1.81 bits per heavy atom. The Labute approximate surface area is 248 Å². The Kier molecular flexibility index (Phi) is 12.9. The molecule has 224 valence electrons. The zero-order valence-corrected chi connectivity index (χ0v) is 25.4. The van der Waals surface area contributed by atoms with Gasteiger partial charge in [0.2, 0.25) is 0 Å². The number of carbonyl (C=O) groups is 3. The minimum atomic E-state index is -1.13. The molecule has 0 heterocycles. The van der Waals surface area contributed by atoms with Crippen LogP contribution in [0.15, 0.2) is 78.9 Å². The number of ether oxygens (including phenoxy) is 4. The summed E-state index contributed by atoms with van der Waals surface area (Å²) >= 11 is 0. The molecule has 10 heteroatoms. The molecule has 0 aliphatic heterocycles. The second kappa shape index (κ2) is 16.6. The summed E-state index contributed by atoms with van der Waals surface area (Å²) in [6.45, 7) is 7.37. The van der Waals surface area contributed by atoms with Gasteiger partial charge in [-0.1, -0.05) is 60.7 Å². The zero-order valence-electron chi connectivity index (χ0n) is 24.6. The SMILES string of the molecule is COC(=O)c1ccc(C(=O)NCCOCCOCCNC(=O)OC(C)(C)C)cc1P(c1ccccc1)c1ccccc1. The molecule has 3 rings (SSSR count). The van der Waals surface area contributed by atoms with Gasteiger partial charge in [-0.25, -0.2) is 9.59 Å². The number of esters is 1. The molecular formula is C32H39N2O7P. The molecule has 0 aliphatic carbocycles. The third kappa shape index (κ3) is 10.6. The largest absolute Gasteiger partial charge is 0.465 e. The lowest BCUT2D eigenvalue weighted by atomic mass is 10.1. The van der Waals surface area contributed by atoms with Crippen molar-refractivity contribution >= 4 is 41.8 Å². The molecule has 9 nitrogen and oxygen atoms in total. The van der Waals surface area contributed by atoms with Crippen LogP contribution in [0.25, 0.3) is 0 Å². The molecule has 3 aromatic carbocycles. The molecule has 0 saturated carbocycles. The van der Waals surface area contributed by atoms with Gasteiger partial charge in [-0.3, -0.25) is 4.79 Å². The molecule has 2 N–H and O–H groups in total. The van der Waals surface area contributed by atoms with Crippen molar-refractivity contribution in [3.8, 4) is 0 Å². The van der Waals surface area contributed by atoms with Crippen molar-refractivity contribution < 1.29 is 33.3 Å². The van der Waals surface area contributed by atoms with Crippen LogP contribution in [0.5, 0.6) is 0 Å². The Hall–Kier alpha value is -3.78. The monoisotopic (exact) mass is 594 g/mol. The van der Waals surface area contributed by atoms with Gasteiger partial charge in [-0.05, 0) is 57.5 Å². The summed E-state index contributed by atoms with van der Waals surface area (Å²) < 4.78 is 21.2. The fourth-order valence-electron chi connectivity index (χ4n) is 3.92. The van der Waals surface area contributed by atoms with Crippen molar-refractivity contribution in [3.05, 3.63) is 90.0 Å². The quantitative estimate of drug-likeness (QED) is 0.167. The summed E-state index contributed by atoms with van der Waals surface area (Å²) in [5, 5.41) is 8.35. The average Bonchev–Trinajstić information content (AvgIpc) is 2.98. The maximum absolute atomic E-state index is 13.0. The highest BCUT2D eigenvalue weighted by Crippen LogP contribution is 2.34. The van der Waals surface area contributed by atoms with Gasteiger partial charge in [-0.2, -0.15) is 0 Å². The molecular weight excluding hydrogens is 555 g/mol. The van der Waals surface area contributed by atoms with Crippen LogP contribution in [-0.4, -0.2) is 70.2 Å². The van der Waals surface area contributed by atoms with Crippen molar-refractivity contribution in [1.29, 1.82) is 0 Å². The molecule has 2 amide bonds. The first kappa shape index (κ1) is 32.7. The topological polar surface area (TPSA) is 112 Å². The maximum Gasteiger partial charge on any atom is 0.407 e. The molecule has 0 spiro atoms. The second-order valence-electron chi connectivity index (χ2n) is 10.1. The number of amides is 2. The molecule has 0 radical (unpaired) electrons. The van der Waals surface area contributed by atoms with Gasteiger partial charge in [0.1, 0.15) is 5.60 Å². The number of carbonyl (C=O) groups excluding carboxylic acids is 3. The summed E-state index contributed by atoms with van der Waals surface area (Å²) in [6.07, 6.45) is -0.484. The van der Waals surface area contributed by atoms with E-state index in [0.29, 0.717) is 50.6 Å². The van der Waals surface area contributed by atoms with Gasteiger partial charge in [-0.15, -0.1) is 0 Å². The summed E-state index contributed by atoms with van der Waals surface area (Å²) in [7, 11) is 0.220. The number of alkyl carbamates (subject to hydrolysis) is 1. The third-order valence-electron chi connectivity index (χ3n) is 5.75. The highest BCUT2D eigenvalue weighted by atomic mass is 31.1. The number of hydrogen-bond acceptors (Lipinski definition) is 7. The van der Waals surface area contributed by atoms with Crippen LogP contribution in [0.4, 0.5) is 4.79 Å². The van der Waals surface area contributed by atoms with E-state index in [1.165, 1.54) is 7.11 Å². The van der Waals surface area contributed by atoms with Gasteiger partial charge in [0, 0.05) is 24.0 Å². The van der Waals surface area contributed by atoms with E-state index in [1.54, 1.807) is 39.0 Å². The zero-order chi connectivity index (χ0) is 30.4. The van der Waals surface area contributed by atoms with Gasteiger partial charge < -0.3 is 29.6 Å². The number of methoxy groups -OCH3 is 1. The first-order valence-corrected chi connectivity index (χ1v) is 15.1. The van der Waals surface area contributed by atoms with Crippen molar-refractivity contribution in [2.24, 2.45) is 0 Å². The van der Waals surface area contributed by atoms with Crippen LogP contribution in [0.3, 0.4) is 0 Å². The van der Waals surface area contributed by atoms with E-state index in [9.17, 15) is 14.4 Å². The van der Waals surface area contributed by atoms with Crippen molar-refractivity contribution in [2.75, 3.05) is 46.6 Å². The molecule has 0 fully saturated rings. The highest BCUT2D eigenvalue weighted by Gasteiger charge is 2.24. The fraction of sp³-hybridized carbons (Fsp3) is 0.344. The fourth-order valence-corrected chi connectivity index (χ4v) is 6.39. The minimum Gasteiger partial charge on any atom is -0.465 e. The number of hydrogen-bond donors (Lipinski definition) is 2. The van der Waals surface area contributed by atoms with Crippen LogP contribution in [0, 0.1) is 0 Å². The minimum absolute atomic E-state index is 0.267. The molecule has 0 aromatic heterocycles. The van der Waals surface area contributed by atoms with Gasteiger partial charge in [0.05, 0.1) is 39.1 Å². The van der Waals surface area contributed by atoms with Crippen molar-refractivity contribution in [3.63, 3.8) is 0 Å². The van der Waals surface area contributed by atoms with Crippen LogP contribution in [0.2, 0.25) is 0 Å². The lowest BCUT2D eigenvalue weighted by Crippen LogP contribution is -2.34. The Morgan fingerprint density at radius 2 is 1.29 bits per heavy atom. The average molecular weight is 595 g/mol. The van der Waals surface area contributed by atoms with Crippen LogP contribution in [-0.2, 0) is 18.9 Å². The van der Waals surface area contributed by atoms with E-state index in [4.69, 9.17) is 18.9 Å². The normalized spacial score (nSPS) is 11.2. The van der Waals surface area contributed by atoms with E-state index < -0.39 is 25.6 Å². The standard InChI is InChI=1S/C32H39N2O7P/c1-32(2,3)41-31(37)34-18-20-40-22-21-39-19-17-33-29(35)24-15-16-27(30(36)38-4)28(23-24)42(25-11-7-5-8-12-25)26-13-9-6-10-14-26/h5-16,23H,17-22H2,1-4H3,(H,33,35)(H,34,37). The van der Waals surface area contributed by atoms with Gasteiger partial charge in [0.25, 0.3) is 5.91 Å². The molecule has 0 saturated heterocycles. The predicted octanol–water partition coefficient (Wildman–Crippen LogP) is 3.52. The predicted molar refractivity (Wildman–Crippen MR) is 165 cm³/mol. The summed E-state index contributed by atoms with van der Waals surface area (Å²) in [6, 6.07) is 25.0. The van der Waals surface area contributed by atoms with Crippen molar-refractivity contribution in [1.82, 2.24) is 10.6 Å². The first-order chi connectivity index (χ1) is 20.2. The Bertz CT molecular complexity index is 1260. The maximum atomic E-state index is 13.0. The van der Waals surface area contributed by atoms with Crippen LogP contribution in [0.1, 0.15) is 41.5 Å². The summed E-state index contributed by atoms with van der Waals surface area (Å²) in [5.41, 5.74) is 0.326. The number of benzene rings is 3. The Morgan fingerprint density at radius 1 is 0.738 bits per heavy atom. The molecule has 3 aromatic rings. The number of rotatable bonds is 14. The lowest BCUT2D eigenvalue weighted by Gasteiger charge is -2.22. The van der Waals surface area contributed by atoms with E-state index >= 15 is 0 Å². The molecule has 0 bridgehead atoms. The lowest BCUT2D eigenvalue weighted by molar-refractivity contribution is 0.0400. The third-order valence-corrected chi connectivity index (χ3v) is 8.23. The first-order valence-electron chi connectivity index (χ1n) is 13.7. The van der Waals surface area contributed by atoms with E-state index in [-0.39, 0.29) is 5.91 Å². The smallest absolute Gasteiger partial charge is 0.407 e.